The van der Waals surface area contributed by atoms with Crippen LogP contribution < -0.4 is 20.0 Å². The number of likely N-dealkylation sites (tertiary alicyclic amines) is 1. The van der Waals surface area contributed by atoms with E-state index < -0.39 is 0 Å². The molecule has 4 saturated heterocycles. The molecule has 3 aromatic carbocycles. The Kier molecular flexibility index (Phi) is 9.23. The van der Waals surface area contributed by atoms with Crippen molar-refractivity contribution in [3.05, 3.63) is 90.0 Å². The number of hydrogen-bond donors (Lipinski definition) is 2. The van der Waals surface area contributed by atoms with Crippen LogP contribution in [0.3, 0.4) is 0 Å². The van der Waals surface area contributed by atoms with E-state index in [4.69, 9.17) is 0 Å². The van der Waals surface area contributed by atoms with Crippen molar-refractivity contribution >= 4 is 50.8 Å². The number of piperidine rings is 3. The first-order chi connectivity index (χ1) is 26.4. The second-order valence-electron chi connectivity index (χ2n) is 15.6. The van der Waals surface area contributed by atoms with Gasteiger partial charge in [-0.15, -0.1) is 0 Å². The topological polar surface area (TPSA) is 104 Å². The van der Waals surface area contributed by atoms with Crippen LogP contribution in [0.1, 0.15) is 68.0 Å². The maximum atomic E-state index is 14.5. The Morgan fingerprint density at radius 3 is 2.30 bits per heavy atom. The molecule has 278 valence electrons. The molecule has 0 aliphatic carbocycles. The summed E-state index contributed by atoms with van der Waals surface area (Å²) in [5.74, 6) is 0.661. The number of aromatic nitrogens is 2. The average molecular weight is 727 g/mol. The van der Waals surface area contributed by atoms with Gasteiger partial charge in [-0.05, 0) is 98.4 Å². The van der Waals surface area contributed by atoms with Gasteiger partial charge in [0, 0.05) is 88.3 Å². The van der Waals surface area contributed by atoms with E-state index in [1.54, 1.807) is 11.1 Å². The third-order valence-electron chi connectivity index (χ3n) is 12.6. The number of benzene rings is 3. The van der Waals surface area contributed by atoms with Crippen LogP contribution in [0.15, 0.2) is 73.1 Å². The van der Waals surface area contributed by atoms with Crippen LogP contribution in [0.5, 0.6) is 0 Å². The molecule has 0 atom stereocenters. The molecule has 10 nitrogen and oxygen atoms in total. The Bertz CT molecular complexity index is 2210. The number of carbonyl (C=O) groups excluding carboxylic acids is 2. The van der Waals surface area contributed by atoms with Gasteiger partial charge in [0.25, 0.3) is 0 Å². The minimum atomic E-state index is -0.352. The Morgan fingerprint density at radius 2 is 1.56 bits per heavy atom. The normalized spacial score (nSPS) is 19.9. The molecule has 54 heavy (non-hydrogen) atoms. The lowest BCUT2D eigenvalue weighted by atomic mass is 9.88. The average Bonchev–Trinajstić information content (AvgIpc) is 3.85. The number of nitrogens with one attached hydrogen (secondary N) is 2. The zero-order chi connectivity index (χ0) is 36.8. The quantitative estimate of drug-likeness (QED) is 0.180. The van der Waals surface area contributed by atoms with Crippen LogP contribution in [-0.2, 0) is 4.79 Å². The van der Waals surface area contributed by atoms with Crippen molar-refractivity contribution in [1.29, 1.82) is 5.26 Å². The Labute approximate surface area is 315 Å². The van der Waals surface area contributed by atoms with E-state index in [-0.39, 0.29) is 17.8 Å². The number of amides is 3. The highest BCUT2D eigenvalue weighted by atomic mass is 19.1. The molecule has 4 aliphatic heterocycles. The van der Waals surface area contributed by atoms with Gasteiger partial charge in [0.2, 0.25) is 5.91 Å². The van der Waals surface area contributed by atoms with Crippen LogP contribution in [0.25, 0.3) is 21.8 Å². The van der Waals surface area contributed by atoms with Gasteiger partial charge in [-0.25, -0.2) is 9.18 Å². The molecule has 5 aromatic rings. The maximum absolute atomic E-state index is 14.5. The second-order valence-corrected chi connectivity index (χ2v) is 15.6. The molecule has 0 unspecified atom stereocenters. The molecule has 6 heterocycles. The van der Waals surface area contributed by atoms with Gasteiger partial charge in [0.1, 0.15) is 11.9 Å². The van der Waals surface area contributed by atoms with Crippen molar-refractivity contribution in [3.8, 4) is 6.07 Å². The summed E-state index contributed by atoms with van der Waals surface area (Å²) in [4.78, 5) is 36.6. The highest BCUT2D eigenvalue weighted by Gasteiger charge is 2.29. The van der Waals surface area contributed by atoms with E-state index in [1.165, 1.54) is 36.7 Å². The van der Waals surface area contributed by atoms with Crippen LogP contribution in [0.2, 0.25) is 0 Å². The number of fused-ring (bicyclic) bond motifs is 2. The van der Waals surface area contributed by atoms with Gasteiger partial charge in [-0.1, -0.05) is 18.2 Å². The molecular weight excluding hydrogens is 680 g/mol. The smallest absolute Gasteiger partial charge is 0.328 e. The zero-order valence-electron chi connectivity index (χ0n) is 30.6. The third kappa shape index (κ3) is 6.47. The molecule has 0 bridgehead atoms. The molecule has 2 aromatic heterocycles. The van der Waals surface area contributed by atoms with E-state index in [9.17, 15) is 19.2 Å². The lowest BCUT2D eigenvalue weighted by Gasteiger charge is -2.39. The number of halogens is 1. The number of nitrogens with zero attached hydrogens (tertiary/aromatic N) is 6. The standard InChI is InChI=1S/C43H47FN8O2/c44-36-8-9-39(42-41(36)32(26-45)27-46-42)50-22-12-31(13-23-50)30-4-6-33(7-5-30)49-20-10-29(11-21-49)28-48-18-14-34(15-19-48)51-24-16-35-37(51)2-1-3-38(35)52-25-17-40(53)47-43(52)54/h1-9,16,24,27,29,31,34,46H,10-15,17-23,25,28H2,(H,47,53,54). The first-order valence-electron chi connectivity index (χ1n) is 19.7. The van der Waals surface area contributed by atoms with Gasteiger partial charge in [0.15, 0.2) is 0 Å². The number of anilines is 3. The van der Waals surface area contributed by atoms with Crippen molar-refractivity contribution in [2.75, 3.05) is 67.1 Å². The van der Waals surface area contributed by atoms with Crippen molar-refractivity contribution in [1.82, 2.24) is 19.8 Å². The summed E-state index contributed by atoms with van der Waals surface area (Å²) in [6.45, 7) is 7.77. The van der Waals surface area contributed by atoms with Gasteiger partial charge in [0.05, 0.1) is 33.4 Å². The molecule has 11 heteroatoms. The first kappa shape index (κ1) is 34.4. The Balaban J connectivity index is 0.744. The fraction of sp³-hybridized carbons (Fsp3) is 0.419. The van der Waals surface area contributed by atoms with E-state index >= 15 is 0 Å². The number of carbonyl (C=O) groups is 2. The predicted molar refractivity (Wildman–Crippen MR) is 211 cm³/mol. The molecule has 2 N–H and O–H groups in total. The summed E-state index contributed by atoms with van der Waals surface area (Å²) in [5.41, 5.74) is 6.78. The van der Waals surface area contributed by atoms with Crippen molar-refractivity contribution < 1.29 is 14.0 Å². The van der Waals surface area contributed by atoms with Crippen LogP contribution in [0, 0.1) is 23.1 Å². The van der Waals surface area contributed by atoms with Crippen molar-refractivity contribution in [2.24, 2.45) is 5.92 Å². The number of hydrogen-bond acceptors (Lipinski definition) is 6. The molecule has 0 saturated carbocycles. The lowest BCUT2D eigenvalue weighted by Crippen LogP contribution is -2.49. The largest absolute Gasteiger partial charge is 0.372 e. The van der Waals surface area contributed by atoms with Gasteiger partial charge in [-0.2, -0.15) is 5.26 Å². The number of imide groups is 1. The molecule has 4 aliphatic rings. The third-order valence-corrected chi connectivity index (χ3v) is 12.6. The SMILES string of the molecule is N#Cc1c[nH]c2c(N3CCC(c4ccc(N5CCC(CN6CCC(n7ccc8c(N9CCC(=O)NC9=O)cccc87)CC6)CC5)cc4)CC3)ccc(F)c12. The molecule has 9 rings (SSSR count). The molecular formula is C43H47FN8O2. The minimum absolute atomic E-state index is 0.212. The molecule has 4 fully saturated rings. The van der Waals surface area contributed by atoms with E-state index in [2.05, 4.69) is 78.2 Å². The maximum Gasteiger partial charge on any atom is 0.328 e. The summed E-state index contributed by atoms with van der Waals surface area (Å²) < 4.78 is 16.9. The number of aromatic amines is 1. The van der Waals surface area contributed by atoms with E-state index in [0.29, 0.717) is 41.4 Å². The summed E-state index contributed by atoms with van der Waals surface area (Å²) in [6, 6.07) is 23.1. The molecule has 0 radical (unpaired) electrons. The lowest BCUT2D eigenvalue weighted by molar-refractivity contribution is -0.120. The van der Waals surface area contributed by atoms with Gasteiger partial charge < -0.3 is 24.3 Å². The first-order valence-corrected chi connectivity index (χ1v) is 19.7. The highest BCUT2D eigenvalue weighted by Crippen LogP contribution is 2.37. The second kappa shape index (κ2) is 14.5. The van der Waals surface area contributed by atoms with Crippen LogP contribution in [0.4, 0.5) is 26.2 Å². The summed E-state index contributed by atoms with van der Waals surface area (Å²) in [5, 5.41) is 13.3. The molecule has 0 spiro atoms. The highest BCUT2D eigenvalue weighted by molar-refractivity contribution is 6.09. The monoisotopic (exact) mass is 726 g/mol. The fourth-order valence-electron chi connectivity index (χ4n) is 9.59. The number of nitriles is 1. The Morgan fingerprint density at radius 1 is 0.796 bits per heavy atom. The van der Waals surface area contributed by atoms with Crippen molar-refractivity contribution in [3.63, 3.8) is 0 Å². The Hall–Kier alpha value is -5.34. The van der Waals surface area contributed by atoms with E-state index in [1.807, 2.05) is 18.2 Å². The van der Waals surface area contributed by atoms with Crippen molar-refractivity contribution in [2.45, 2.75) is 56.9 Å². The van der Waals surface area contributed by atoms with E-state index in [0.717, 1.165) is 93.1 Å². The summed E-state index contributed by atoms with van der Waals surface area (Å²) in [7, 11) is 0. The molecule has 3 amide bonds. The fourth-order valence-corrected chi connectivity index (χ4v) is 9.59. The number of H-pyrrole nitrogens is 1. The van der Waals surface area contributed by atoms with Gasteiger partial charge >= 0.3 is 6.03 Å². The van der Waals surface area contributed by atoms with Gasteiger partial charge in [-0.3, -0.25) is 15.0 Å². The summed E-state index contributed by atoms with van der Waals surface area (Å²) >= 11 is 0. The number of urea groups is 1. The number of rotatable bonds is 7. The zero-order valence-corrected chi connectivity index (χ0v) is 30.6. The van der Waals surface area contributed by atoms with Crippen LogP contribution in [-0.4, -0.2) is 78.7 Å². The van der Waals surface area contributed by atoms with Crippen LogP contribution >= 0.6 is 0 Å². The minimum Gasteiger partial charge on any atom is -0.372 e. The summed E-state index contributed by atoms with van der Waals surface area (Å²) in [6.07, 6.45) is 10.8. The predicted octanol–water partition coefficient (Wildman–Crippen LogP) is 7.52.